The Kier molecular flexibility index (Phi) is 4.91. The lowest BCUT2D eigenvalue weighted by atomic mass is 10.00. The fourth-order valence-corrected chi connectivity index (χ4v) is 2.97. The second-order valence-corrected chi connectivity index (χ2v) is 5.94. The van der Waals surface area contributed by atoms with Crippen LogP contribution >= 0.6 is 0 Å². The van der Waals surface area contributed by atoms with E-state index in [0.717, 1.165) is 26.1 Å². The largest absolute Gasteiger partial charge is 0.478 e. The molecule has 124 valence electrons. The molecule has 5 heteroatoms. The number of carbonyl (C=O) groups excluding carboxylic acids is 1. The first-order valence-electron chi connectivity index (χ1n) is 8.04. The summed E-state index contributed by atoms with van der Waals surface area (Å²) in [6, 6.07) is 14.5. The van der Waals surface area contributed by atoms with Crippen molar-refractivity contribution in [2.45, 2.75) is 13.0 Å². The topological polar surface area (TPSA) is 69.6 Å². The summed E-state index contributed by atoms with van der Waals surface area (Å²) in [7, 11) is 0. The lowest BCUT2D eigenvalue weighted by Crippen LogP contribution is -2.37. The van der Waals surface area contributed by atoms with Crippen molar-refractivity contribution in [2.24, 2.45) is 0 Å². The maximum Gasteiger partial charge on any atom is 0.335 e. The average molecular weight is 324 g/mol. The van der Waals surface area contributed by atoms with Crippen LogP contribution in [0.5, 0.6) is 0 Å². The first-order chi connectivity index (χ1) is 11.6. The Hall–Kier alpha value is -2.66. The third-order valence-corrected chi connectivity index (χ3v) is 4.30. The molecule has 2 aromatic carbocycles. The van der Waals surface area contributed by atoms with Crippen LogP contribution in [0.2, 0.25) is 0 Å². The van der Waals surface area contributed by atoms with Gasteiger partial charge in [0.15, 0.2) is 0 Å². The maximum atomic E-state index is 12.1. The van der Waals surface area contributed by atoms with Crippen molar-refractivity contribution < 1.29 is 14.7 Å². The molecule has 1 amide bonds. The second-order valence-electron chi connectivity index (χ2n) is 5.94. The van der Waals surface area contributed by atoms with Gasteiger partial charge in [-0.25, -0.2) is 4.79 Å². The molecule has 0 atom stereocenters. The van der Waals surface area contributed by atoms with Crippen molar-refractivity contribution in [2.75, 3.05) is 19.6 Å². The van der Waals surface area contributed by atoms with Gasteiger partial charge in [0.05, 0.1) is 5.56 Å². The molecule has 2 aromatic rings. The minimum atomic E-state index is -1.03. The highest BCUT2D eigenvalue weighted by Gasteiger charge is 2.15. The first-order valence-corrected chi connectivity index (χ1v) is 8.04. The number of aromatic carboxylic acids is 1. The molecule has 0 aliphatic carbocycles. The number of rotatable bonds is 5. The number of fused-ring (bicyclic) bond motifs is 1. The summed E-state index contributed by atoms with van der Waals surface area (Å²) in [4.78, 5) is 25.4. The number of carboxylic acid groups (broad SMARTS) is 1. The third kappa shape index (κ3) is 3.81. The number of carbonyl (C=O) groups is 2. The van der Waals surface area contributed by atoms with Crippen molar-refractivity contribution in [1.82, 2.24) is 10.2 Å². The number of nitrogens with zero attached hydrogens (tertiary/aromatic N) is 1. The van der Waals surface area contributed by atoms with Gasteiger partial charge in [-0.15, -0.1) is 0 Å². The van der Waals surface area contributed by atoms with Crippen molar-refractivity contribution in [3.63, 3.8) is 0 Å². The zero-order chi connectivity index (χ0) is 16.9. The highest BCUT2D eigenvalue weighted by molar-refractivity contribution is 5.97. The van der Waals surface area contributed by atoms with E-state index in [2.05, 4.69) is 34.5 Å². The fourth-order valence-electron chi connectivity index (χ4n) is 2.97. The van der Waals surface area contributed by atoms with E-state index >= 15 is 0 Å². The molecule has 1 aliphatic heterocycles. The van der Waals surface area contributed by atoms with Crippen LogP contribution in [0.4, 0.5) is 0 Å². The molecule has 0 fully saturated rings. The standard InChI is InChI=1S/C19H20N2O3/c22-18(15-6-3-7-16(12-15)19(23)24)20-9-11-21-10-8-14-4-1-2-5-17(14)13-21/h1-7,12H,8-11,13H2,(H,20,22)(H,23,24). The molecule has 24 heavy (non-hydrogen) atoms. The summed E-state index contributed by atoms with van der Waals surface area (Å²) in [6.07, 6.45) is 1.03. The summed E-state index contributed by atoms with van der Waals surface area (Å²) >= 11 is 0. The Labute approximate surface area is 140 Å². The van der Waals surface area contributed by atoms with Crippen LogP contribution < -0.4 is 5.32 Å². The number of benzene rings is 2. The Balaban J connectivity index is 1.51. The normalized spacial score (nSPS) is 14.0. The fraction of sp³-hybridized carbons (Fsp3) is 0.263. The van der Waals surface area contributed by atoms with Gasteiger partial charge in [0.25, 0.3) is 5.91 Å². The predicted octanol–water partition coefficient (Wildman–Crippen LogP) is 2.17. The van der Waals surface area contributed by atoms with Gasteiger partial charge in [0.1, 0.15) is 0 Å². The summed E-state index contributed by atoms with van der Waals surface area (Å²) in [5, 5.41) is 11.8. The van der Waals surface area contributed by atoms with Gasteiger partial charge in [-0.2, -0.15) is 0 Å². The van der Waals surface area contributed by atoms with Gasteiger partial charge >= 0.3 is 5.97 Å². The monoisotopic (exact) mass is 324 g/mol. The average Bonchev–Trinajstić information content (AvgIpc) is 2.61. The van der Waals surface area contributed by atoms with E-state index in [1.165, 1.54) is 23.3 Å². The Morgan fingerprint density at radius 3 is 2.58 bits per heavy atom. The van der Waals surface area contributed by atoms with E-state index in [1.807, 2.05) is 0 Å². The van der Waals surface area contributed by atoms with E-state index < -0.39 is 5.97 Å². The molecule has 0 bridgehead atoms. The molecule has 0 spiro atoms. The van der Waals surface area contributed by atoms with Crippen molar-refractivity contribution in [3.05, 3.63) is 70.8 Å². The van der Waals surface area contributed by atoms with Crippen LogP contribution in [0.1, 0.15) is 31.8 Å². The lowest BCUT2D eigenvalue weighted by Gasteiger charge is -2.28. The maximum absolute atomic E-state index is 12.1. The smallest absolute Gasteiger partial charge is 0.335 e. The molecule has 1 aliphatic rings. The van der Waals surface area contributed by atoms with Gasteiger partial charge < -0.3 is 10.4 Å². The van der Waals surface area contributed by atoms with E-state index in [4.69, 9.17) is 5.11 Å². The Bertz CT molecular complexity index is 758. The zero-order valence-corrected chi connectivity index (χ0v) is 13.4. The van der Waals surface area contributed by atoms with Crippen LogP contribution in [-0.2, 0) is 13.0 Å². The molecule has 0 unspecified atom stereocenters. The van der Waals surface area contributed by atoms with Crippen molar-refractivity contribution in [1.29, 1.82) is 0 Å². The highest BCUT2D eigenvalue weighted by atomic mass is 16.4. The quantitative estimate of drug-likeness (QED) is 0.884. The minimum absolute atomic E-state index is 0.121. The van der Waals surface area contributed by atoms with Gasteiger partial charge in [0, 0.05) is 31.7 Å². The number of hydrogen-bond acceptors (Lipinski definition) is 3. The minimum Gasteiger partial charge on any atom is -0.478 e. The third-order valence-electron chi connectivity index (χ3n) is 4.30. The summed E-state index contributed by atoms with van der Waals surface area (Å²) in [6.45, 7) is 3.21. The molecule has 1 heterocycles. The Morgan fingerprint density at radius 1 is 1.04 bits per heavy atom. The SMILES string of the molecule is O=C(O)c1cccc(C(=O)NCCN2CCc3ccccc3C2)c1. The summed E-state index contributed by atoms with van der Waals surface area (Å²) in [5.74, 6) is -1.27. The van der Waals surface area contributed by atoms with Gasteiger partial charge in [-0.1, -0.05) is 30.3 Å². The van der Waals surface area contributed by atoms with E-state index in [-0.39, 0.29) is 11.5 Å². The lowest BCUT2D eigenvalue weighted by molar-refractivity contribution is 0.0697. The highest BCUT2D eigenvalue weighted by Crippen LogP contribution is 2.17. The summed E-state index contributed by atoms with van der Waals surface area (Å²) in [5.41, 5.74) is 3.25. The molecule has 0 saturated heterocycles. The van der Waals surface area contributed by atoms with Gasteiger partial charge in [0.2, 0.25) is 0 Å². The van der Waals surface area contributed by atoms with E-state index in [9.17, 15) is 9.59 Å². The first kappa shape index (κ1) is 16.2. The summed E-state index contributed by atoms with van der Waals surface area (Å²) < 4.78 is 0. The van der Waals surface area contributed by atoms with Crippen LogP contribution in [0.3, 0.4) is 0 Å². The number of hydrogen-bond donors (Lipinski definition) is 2. The zero-order valence-electron chi connectivity index (χ0n) is 13.4. The molecule has 0 radical (unpaired) electrons. The molecule has 0 aromatic heterocycles. The predicted molar refractivity (Wildman–Crippen MR) is 91.2 cm³/mol. The second kappa shape index (κ2) is 7.27. The van der Waals surface area contributed by atoms with Crippen LogP contribution in [0.25, 0.3) is 0 Å². The van der Waals surface area contributed by atoms with Crippen LogP contribution in [0, 0.1) is 0 Å². The van der Waals surface area contributed by atoms with Gasteiger partial charge in [-0.05, 0) is 35.7 Å². The molecule has 0 saturated carbocycles. The molecule has 5 nitrogen and oxygen atoms in total. The van der Waals surface area contributed by atoms with E-state index in [1.54, 1.807) is 12.1 Å². The number of carboxylic acids is 1. The van der Waals surface area contributed by atoms with Crippen molar-refractivity contribution in [3.8, 4) is 0 Å². The molecule has 2 N–H and O–H groups in total. The Morgan fingerprint density at radius 2 is 1.79 bits per heavy atom. The number of nitrogens with one attached hydrogen (secondary N) is 1. The van der Waals surface area contributed by atoms with E-state index in [0.29, 0.717) is 12.1 Å². The van der Waals surface area contributed by atoms with Crippen LogP contribution in [0.15, 0.2) is 48.5 Å². The molecule has 3 rings (SSSR count). The van der Waals surface area contributed by atoms with Crippen molar-refractivity contribution >= 4 is 11.9 Å². The molecular formula is C19H20N2O3. The number of amides is 1. The van der Waals surface area contributed by atoms with Gasteiger partial charge in [-0.3, -0.25) is 9.69 Å². The molecular weight excluding hydrogens is 304 g/mol. The van der Waals surface area contributed by atoms with Crippen LogP contribution in [-0.4, -0.2) is 41.5 Å².